The summed E-state index contributed by atoms with van der Waals surface area (Å²) in [7, 11) is 0. The zero-order valence-electron chi connectivity index (χ0n) is 11.7. The van der Waals surface area contributed by atoms with Gasteiger partial charge in [0.2, 0.25) is 0 Å². The van der Waals surface area contributed by atoms with Gasteiger partial charge in [0, 0.05) is 24.9 Å². The monoisotopic (exact) mass is 287 g/mol. The fourth-order valence-corrected chi connectivity index (χ4v) is 3.67. The molecule has 1 aromatic heterocycles. The Morgan fingerprint density at radius 2 is 2.15 bits per heavy atom. The summed E-state index contributed by atoms with van der Waals surface area (Å²) in [5.41, 5.74) is 8.24. The summed E-state index contributed by atoms with van der Waals surface area (Å²) in [5.74, 6) is 0.679. The van der Waals surface area contributed by atoms with Crippen LogP contribution in [-0.4, -0.2) is 29.5 Å². The zero-order valence-corrected chi connectivity index (χ0v) is 12.5. The molecule has 0 saturated carbocycles. The average Bonchev–Trinajstić information content (AvgIpc) is 3.11. The van der Waals surface area contributed by atoms with Gasteiger partial charge in [0.05, 0.1) is 10.7 Å². The topological polar surface area (TPSA) is 42.1 Å². The van der Waals surface area contributed by atoms with E-state index in [4.69, 9.17) is 5.73 Å². The van der Waals surface area contributed by atoms with Gasteiger partial charge in [0.25, 0.3) is 0 Å². The minimum absolute atomic E-state index is 0.679. The van der Waals surface area contributed by atoms with Crippen molar-refractivity contribution in [3.05, 3.63) is 52.0 Å². The van der Waals surface area contributed by atoms with Crippen LogP contribution in [0.25, 0.3) is 0 Å². The Kier molecular flexibility index (Phi) is 4.45. The lowest BCUT2D eigenvalue weighted by Gasteiger charge is -2.14. The SMILES string of the molecule is NCCc1nc(CN2CCC(c3ccccc3)C2)cs1. The van der Waals surface area contributed by atoms with Crippen LogP contribution >= 0.6 is 11.3 Å². The van der Waals surface area contributed by atoms with Gasteiger partial charge >= 0.3 is 0 Å². The van der Waals surface area contributed by atoms with Gasteiger partial charge in [0.1, 0.15) is 0 Å². The molecule has 3 nitrogen and oxygen atoms in total. The number of aromatic nitrogens is 1. The molecule has 2 N–H and O–H groups in total. The normalized spacial score (nSPS) is 19.6. The first-order valence-electron chi connectivity index (χ1n) is 7.26. The van der Waals surface area contributed by atoms with Crippen LogP contribution in [0.5, 0.6) is 0 Å². The molecule has 0 aliphatic carbocycles. The molecule has 1 aromatic carbocycles. The molecule has 2 heterocycles. The molecule has 3 rings (SSSR count). The van der Waals surface area contributed by atoms with Crippen LogP contribution in [0.4, 0.5) is 0 Å². The van der Waals surface area contributed by atoms with Crippen molar-refractivity contribution in [2.24, 2.45) is 5.73 Å². The second-order valence-electron chi connectivity index (χ2n) is 5.40. The predicted octanol–water partition coefficient (Wildman–Crippen LogP) is 2.63. The molecule has 0 bridgehead atoms. The fraction of sp³-hybridized carbons (Fsp3) is 0.438. The number of benzene rings is 1. The van der Waals surface area contributed by atoms with Crippen molar-refractivity contribution in [2.45, 2.75) is 25.3 Å². The van der Waals surface area contributed by atoms with Crippen LogP contribution in [0.1, 0.15) is 28.6 Å². The zero-order chi connectivity index (χ0) is 13.8. The maximum absolute atomic E-state index is 5.57. The van der Waals surface area contributed by atoms with Crippen molar-refractivity contribution in [2.75, 3.05) is 19.6 Å². The Morgan fingerprint density at radius 1 is 1.30 bits per heavy atom. The van der Waals surface area contributed by atoms with Crippen molar-refractivity contribution in [3.8, 4) is 0 Å². The molecule has 20 heavy (non-hydrogen) atoms. The molecular formula is C16H21N3S. The average molecular weight is 287 g/mol. The van der Waals surface area contributed by atoms with Gasteiger partial charge in [-0.3, -0.25) is 4.90 Å². The summed E-state index contributed by atoms with van der Waals surface area (Å²) in [5, 5.41) is 3.35. The molecule has 4 heteroatoms. The van der Waals surface area contributed by atoms with Crippen molar-refractivity contribution in [1.29, 1.82) is 0 Å². The summed E-state index contributed by atoms with van der Waals surface area (Å²) in [6.07, 6.45) is 2.15. The Hall–Kier alpha value is -1.23. The second kappa shape index (κ2) is 6.48. The molecular weight excluding hydrogens is 266 g/mol. The van der Waals surface area contributed by atoms with E-state index >= 15 is 0 Å². The maximum Gasteiger partial charge on any atom is 0.0941 e. The molecule has 1 aliphatic heterocycles. The van der Waals surface area contributed by atoms with Crippen LogP contribution in [0.2, 0.25) is 0 Å². The first-order chi connectivity index (χ1) is 9.85. The second-order valence-corrected chi connectivity index (χ2v) is 6.35. The van der Waals surface area contributed by atoms with Crippen LogP contribution in [0, 0.1) is 0 Å². The summed E-state index contributed by atoms with van der Waals surface area (Å²) >= 11 is 1.74. The Balaban J connectivity index is 1.57. The van der Waals surface area contributed by atoms with Gasteiger partial charge in [-0.2, -0.15) is 0 Å². The van der Waals surface area contributed by atoms with E-state index < -0.39 is 0 Å². The van der Waals surface area contributed by atoms with E-state index in [1.165, 1.54) is 29.2 Å². The third-order valence-electron chi connectivity index (χ3n) is 3.89. The summed E-state index contributed by atoms with van der Waals surface area (Å²) in [6.45, 7) is 3.98. The number of nitrogens with two attached hydrogens (primary N) is 1. The molecule has 1 aliphatic rings. The molecule has 2 aromatic rings. The molecule has 1 atom stereocenters. The number of nitrogens with zero attached hydrogens (tertiary/aromatic N) is 2. The third kappa shape index (κ3) is 3.26. The van der Waals surface area contributed by atoms with Crippen LogP contribution in [0.3, 0.4) is 0 Å². The number of hydrogen-bond donors (Lipinski definition) is 1. The van der Waals surface area contributed by atoms with Gasteiger partial charge in [-0.15, -0.1) is 11.3 Å². The van der Waals surface area contributed by atoms with E-state index in [0.29, 0.717) is 12.5 Å². The highest BCUT2D eigenvalue weighted by Crippen LogP contribution is 2.28. The van der Waals surface area contributed by atoms with E-state index in [0.717, 1.165) is 19.5 Å². The lowest BCUT2D eigenvalue weighted by atomic mass is 9.99. The Bertz CT molecular complexity index is 538. The number of thiazole rings is 1. The van der Waals surface area contributed by atoms with E-state index in [1.807, 2.05) is 0 Å². The van der Waals surface area contributed by atoms with E-state index in [-0.39, 0.29) is 0 Å². The first kappa shape index (κ1) is 13.7. The van der Waals surface area contributed by atoms with Crippen LogP contribution < -0.4 is 5.73 Å². The summed E-state index contributed by atoms with van der Waals surface area (Å²) in [4.78, 5) is 7.17. The van der Waals surface area contributed by atoms with Gasteiger partial charge in [-0.1, -0.05) is 30.3 Å². The lowest BCUT2D eigenvalue weighted by Crippen LogP contribution is -2.20. The minimum atomic E-state index is 0.679. The fourth-order valence-electron chi connectivity index (χ4n) is 2.86. The highest BCUT2D eigenvalue weighted by atomic mass is 32.1. The smallest absolute Gasteiger partial charge is 0.0941 e. The van der Waals surface area contributed by atoms with Crippen molar-refractivity contribution < 1.29 is 0 Å². The molecule has 106 valence electrons. The Morgan fingerprint density at radius 3 is 2.95 bits per heavy atom. The minimum Gasteiger partial charge on any atom is -0.330 e. The quantitative estimate of drug-likeness (QED) is 0.919. The molecule has 1 saturated heterocycles. The largest absolute Gasteiger partial charge is 0.330 e. The summed E-state index contributed by atoms with van der Waals surface area (Å²) < 4.78 is 0. The van der Waals surface area contributed by atoms with E-state index in [2.05, 4.69) is 45.6 Å². The number of hydrogen-bond acceptors (Lipinski definition) is 4. The van der Waals surface area contributed by atoms with Gasteiger partial charge in [-0.25, -0.2) is 4.98 Å². The first-order valence-corrected chi connectivity index (χ1v) is 8.14. The van der Waals surface area contributed by atoms with Crippen molar-refractivity contribution in [3.63, 3.8) is 0 Å². The molecule has 1 unspecified atom stereocenters. The van der Waals surface area contributed by atoms with Crippen molar-refractivity contribution in [1.82, 2.24) is 9.88 Å². The van der Waals surface area contributed by atoms with Gasteiger partial charge in [-0.05, 0) is 31.0 Å². The van der Waals surface area contributed by atoms with Crippen LogP contribution in [-0.2, 0) is 13.0 Å². The summed E-state index contributed by atoms with van der Waals surface area (Å²) in [6, 6.07) is 10.9. The molecule has 0 radical (unpaired) electrons. The standard InChI is InChI=1S/C16H21N3S/c17-8-6-16-18-15(12-20-16)11-19-9-7-14(10-19)13-4-2-1-3-5-13/h1-5,12,14H,6-11,17H2. The molecule has 1 fully saturated rings. The van der Waals surface area contributed by atoms with Crippen LogP contribution in [0.15, 0.2) is 35.7 Å². The number of rotatable bonds is 5. The van der Waals surface area contributed by atoms with E-state index in [9.17, 15) is 0 Å². The molecule has 0 amide bonds. The predicted molar refractivity (Wildman–Crippen MR) is 83.9 cm³/mol. The maximum atomic E-state index is 5.57. The molecule has 0 spiro atoms. The van der Waals surface area contributed by atoms with E-state index in [1.54, 1.807) is 11.3 Å². The van der Waals surface area contributed by atoms with Gasteiger partial charge in [0.15, 0.2) is 0 Å². The third-order valence-corrected chi connectivity index (χ3v) is 4.84. The highest BCUT2D eigenvalue weighted by molar-refractivity contribution is 7.09. The lowest BCUT2D eigenvalue weighted by molar-refractivity contribution is 0.323. The highest BCUT2D eigenvalue weighted by Gasteiger charge is 2.24. The Labute approximate surface area is 124 Å². The van der Waals surface area contributed by atoms with Crippen molar-refractivity contribution >= 4 is 11.3 Å². The van der Waals surface area contributed by atoms with Gasteiger partial charge < -0.3 is 5.73 Å². The number of likely N-dealkylation sites (tertiary alicyclic amines) is 1.